The Balaban J connectivity index is 1.79. The van der Waals surface area contributed by atoms with Crippen LogP contribution in [0, 0.1) is 11.8 Å². The molecule has 1 aromatic rings. The molecule has 16 heavy (non-hydrogen) atoms. The highest BCUT2D eigenvalue weighted by Gasteiger charge is 2.40. The Bertz CT molecular complexity index is 396. The van der Waals surface area contributed by atoms with E-state index in [4.69, 9.17) is 5.73 Å². The van der Waals surface area contributed by atoms with Crippen molar-refractivity contribution in [2.75, 3.05) is 18.0 Å². The fourth-order valence-electron chi connectivity index (χ4n) is 3.09. The summed E-state index contributed by atoms with van der Waals surface area (Å²) in [5.41, 5.74) is 7.36. The molecular weight excluding hydrogens is 266 g/mol. The first-order valence-electron chi connectivity index (χ1n) is 5.85. The fraction of sp³-hybridized carbons (Fsp3) is 0.583. The third-order valence-electron chi connectivity index (χ3n) is 3.97. The van der Waals surface area contributed by atoms with Crippen LogP contribution in [0.5, 0.6) is 0 Å². The Morgan fingerprint density at radius 1 is 1.31 bits per heavy atom. The van der Waals surface area contributed by atoms with Gasteiger partial charge in [-0.25, -0.2) is 0 Å². The van der Waals surface area contributed by atoms with Crippen molar-refractivity contribution in [1.29, 1.82) is 0 Å². The summed E-state index contributed by atoms with van der Waals surface area (Å²) in [6, 6.07) is 2.55. The molecule has 2 heterocycles. The van der Waals surface area contributed by atoms with Crippen LogP contribution in [0.15, 0.2) is 22.9 Å². The smallest absolute Gasteiger partial charge is 0.0564 e. The Labute approximate surface area is 104 Å². The van der Waals surface area contributed by atoms with Crippen LogP contribution in [0.3, 0.4) is 0 Å². The number of pyridine rings is 1. The zero-order valence-corrected chi connectivity index (χ0v) is 10.7. The molecule has 1 aliphatic carbocycles. The van der Waals surface area contributed by atoms with Crippen LogP contribution < -0.4 is 10.6 Å². The van der Waals surface area contributed by atoms with Gasteiger partial charge in [0, 0.05) is 29.8 Å². The van der Waals surface area contributed by atoms with E-state index in [-0.39, 0.29) is 0 Å². The van der Waals surface area contributed by atoms with Crippen LogP contribution in [0.25, 0.3) is 0 Å². The third-order valence-corrected chi connectivity index (χ3v) is 4.40. The lowest BCUT2D eigenvalue weighted by molar-refractivity contribution is 0.453. The highest BCUT2D eigenvalue weighted by Crippen LogP contribution is 2.39. The lowest BCUT2D eigenvalue weighted by Crippen LogP contribution is -2.30. The van der Waals surface area contributed by atoms with E-state index in [2.05, 4.69) is 31.9 Å². The van der Waals surface area contributed by atoms with Gasteiger partial charge in [-0.05, 0) is 46.7 Å². The minimum atomic E-state index is 0.412. The first kappa shape index (κ1) is 10.5. The van der Waals surface area contributed by atoms with Crippen molar-refractivity contribution in [2.45, 2.75) is 18.9 Å². The molecule has 1 saturated heterocycles. The lowest BCUT2D eigenvalue weighted by Gasteiger charge is -2.20. The molecule has 4 heteroatoms. The number of hydrogen-bond acceptors (Lipinski definition) is 3. The maximum Gasteiger partial charge on any atom is 0.0564 e. The Kier molecular flexibility index (Phi) is 2.64. The van der Waals surface area contributed by atoms with Crippen molar-refractivity contribution < 1.29 is 0 Å². The van der Waals surface area contributed by atoms with Gasteiger partial charge in [-0.2, -0.15) is 0 Å². The first-order chi connectivity index (χ1) is 7.74. The highest BCUT2D eigenvalue weighted by atomic mass is 79.9. The molecule has 0 bridgehead atoms. The maximum atomic E-state index is 6.14. The second-order valence-electron chi connectivity index (χ2n) is 4.93. The van der Waals surface area contributed by atoms with Crippen molar-refractivity contribution >= 4 is 21.6 Å². The lowest BCUT2D eigenvalue weighted by atomic mass is 9.98. The van der Waals surface area contributed by atoms with E-state index < -0.39 is 0 Å². The Morgan fingerprint density at radius 2 is 2.19 bits per heavy atom. The molecule has 3 atom stereocenters. The zero-order valence-electron chi connectivity index (χ0n) is 9.14. The van der Waals surface area contributed by atoms with Crippen molar-refractivity contribution in [3.63, 3.8) is 0 Å². The summed E-state index contributed by atoms with van der Waals surface area (Å²) < 4.78 is 1.05. The third kappa shape index (κ3) is 1.74. The van der Waals surface area contributed by atoms with Gasteiger partial charge >= 0.3 is 0 Å². The van der Waals surface area contributed by atoms with Crippen LogP contribution >= 0.6 is 15.9 Å². The number of rotatable bonds is 1. The molecule has 2 fully saturated rings. The van der Waals surface area contributed by atoms with Crippen molar-refractivity contribution in [2.24, 2.45) is 17.6 Å². The second kappa shape index (κ2) is 4.00. The van der Waals surface area contributed by atoms with Gasteiger partial charge in [0.1, 0.15) is 0 Å². The van der Waals surface area contributed by atoms with E-state index in [1.165, 1.54) is 18.5 Å². The number of fused-ring (bicyclic) bond motifs is 1. The van der Waals surface area contributed by atoms with Crippen LogP contribution in [-0.4, -0.2) is 24.1 Å². The number of anilines is 1. The summed E-state index contributed by atoms with van der Waals surface area (Å²) in [5, 5.41) is 0. The largest absolute Gasteiger partial charge is 0.370 e. The van der Waals surface area contributed by atoms with Crippen LogP contribution in [0.1, 0.15) is 12.8 Å². The molecule has 86 valence electrons. The summed E-state index contributed by atoms with van der Waals surface area (Å²) in [6.07, 6.45) is 6.27. The second-order valence-corrected chi connectivity index (χ2v) is 5.85. The van der Waals surface area contributed by atoms with E-state index in [9.17, 15) is 0 Å². The average molecular weight is 282 g/mol. The van der Waals surface area contributed by atoms with E-state index in [1.54, 1.807) is 0 Å². The van der Waals surface area contributed by atoms with Crippen LogP contribution in [0.2, 0.25) is 0 Å². The molecule has 0 spiro atoms. The van der Waals surface area contributed by atoms with Crippen LogP contribution in [-0.2, 0) is 0 Å². The van der Waals surface area contributed by atoms with Gasteiger partial charge in [0.25, 0.3) is 0 Å². The monoisotopic (exact) mass is 281 g/mol. The van der Waals surface area contributed by atoms with Gasteiger partial charge in [0.2, 0.25) is 0 Å². The fourth-order valence-corrected chi connectivity index (χ4v) is 3.44. The van der Waals surface area contributed by atoms with Gasteiger partial charge in [0.05, 0.1) is 11.9 Å². The van der Waals surface area contributed by atoms with Crippen molar-refractivity contribution in [1.82, 2.24) is 4.98 Å². The number of nitrogens with two attached hydrogens (primary N) is 1. The zero-order chi connectivity index (χ0) is 11.1. The minimum Gasteiger partial charge on any atom is -0.370 e. The molecular formula is C12H16BrN3. The van der Waals surface area contributed by atoms with Crippen molar-refractivity contribution in [3.05, 3.63) is 22.9 Å². The van der Waals surface area contributed by atoms with Gasteiger partial charge in [0.15, 0.2) is 0 Å². The minimum absolute atomic E-state index is 0.412. The topological polar surface area (TPSA) is 42.1 Å². The highest BCUT2D eigenvalue weighted by molar-refractivity contribution is 9.10. The summed E-state index contributed by atoms with van der Waals surface area (Å²) in [4.78, 5) is 6.64. The van der Waals surface area contributed by atoms with Crippen molar-refractivity contribution in [3.8, 4) is 0 Å². The standard InChI is InChI=1S/C12H16BrN3/c13-9-3-10(5-15-4-9)16-6-8-1-2-12(14)11(8)7-16/h3-5,8,11-12H,1-2,6-7,14H2. The number of halogens is 1. The first-order valence-corrected chi connectivity index (χ1v) is 6.64. The van der Waals surface area contributed by atoms with E-state index in [0.717, 1.165) is 23.5 Å². The molecule has 2 N–H and O–H groups in total. The van der Waals surface area contributed by atoms with E-state index in [1.807, 2.05) is 12.4 Å². The number of nitrogens with zero attached hydrogens (tertiary/aromatic N) is 2. The summed E-state index contributed by atoms with van der Waals surface area (Å²) in [5.74, 6) is 1.49. The summed E-state index contributed by atoms with van der Waals surface area (Å²) in [7, 11) is 0. The van der Waals surface area contributed by atoms with Crippen LogP contribution in [0.4, 0.5) is 5.69 Å². The molecule has 3 unspecified atom stereocenters. The maximum absolute atomic E-state index is 6.14. The number of hydrogen-bond donors (Lipinski definition) is 1. The number of aromatic nitrogens is 1. The quantitative estimate of drug-likeness (QED) is 0.857. The van der Waals surface area contributed by atoms with Gasteiger partial charge < -0.3 is 10.6 Å². The SMILES string of the molecule is NC1CCC2CN(c3cncc(Br)c3)CC12. The molecule has 3 nitrogen and oxygen atoms in total. The van der Waals surface area contributed by atoms with E-state index in [0.29, 0.717) is 12.0 Å². The molecule has 0 aromatic carbocycles. The summed E-state index contributed by atoms with van der Waals surface area (Å²) >= 11 is 3.47. The molecule has 0 amide bonds. The Hall–Kier alpha value is -0.610. The van der Waals surface area contributed by atoms with Gasteiger partial charge in [-0.3, -0.25) is 4.98 Å². The van der Waals surface area contributed by atoms with E-state index >= 15 is 0 Å². The molecule has 1 saturated carbocycles. The summed E-state index contributed by atoms with van der Waals surface area (Å²) in [6.45, 7) is 2.25. The van der Waals surface area contributed by atoms with Gasteiger partial charge in [-0.1, -0.05) is 0 Å². The molecule has 2 aliphatic rings. The average Bonchev–Trinajstić information content (AvgIpc) is 2.81. The normalized spacial score (nSPS) is 33.1. The molecule has 3 rings (SSSR count). The molecule has 1 aromatic heterocycles. The van der Waals surface area contributed by atoms with Gasteiger partial charge in [-0.15, -0.1) is 0 Å². The predicted octanol–water partition coefficient (Wildman–Crippen LogP) is 2.02. The molecule has 0 radical (unpaired) electrons. The Morgan fingerprint density at radius 3 is 2.94 bits per heavy atom. The predicted molar refractivity (Wildman–Crippen MR) is 68.3 cm³/mol. The molecule has 1 aliphatic heterocycles.